The fourth-order valence-corrected chi connectivity index (χ4v) is 6.36. The van der Waals surface area contributed by atoms with Gasteiger partial charge in [0.15, 0.2) is 0 Å². The van der Waals surface area contributed by atoms with Crippen LogP contribution in [0.2, 0.25) is 0 Å². The number of furan rings is 1. The highest BCUT2D eigenvalue weighted by Gasteiger charge is 2.22. The maximum Gasteiger partial charge on any atom is 0.143 e. The lowest BCUT2D eigenvalue weighted by Gasteiger charge is -2.29. The van der Waals surface area contributed by atoms with Crippen molar-refractivity contribution in [3.05, 3.63) is 163 Å². The molecule has 43 heavy (non-hydrogen) atoms. The van der Waals surface area contributed by atoms with Crippen molar-refractivity contribution in [3.63, 3.8) is 0 Å². The van der Waals surface area contributed by atoms with E-state index in [0.717, 1.165) is 44.4 Å². The highest BCUT2D eigenvalue weighted by Crippen LogP contribution is 2.47. The molecule has 0 unspecified atom stereocenters. The first kappa shape index (κ1) is 25.1. The van der Waals surface area contributed by atoms with Crippen molar-refractivity contribution < 1.29 is 4.42 Å². The Hall–Kier alpha value is -5.60. The van der Waals surface area contributed by atoms with Crippen LogP contribution in [-0.4, -0.2) is 0 Å². The molecule has 0 aliphatic carbocycles. The van der Waals surface area contributed by atoms with E-state index in [1.54, 1.807) is 0 Å². The second kappa shape index (κ2) is 10.3. The minimum absolute atomic E-state index is 0.917. The van der Waals surface area contributed by atoms with Crippen LogP contribution < -0.4 is 4.90 Å². The van der Waals surface area contributed by atoms with Gasteiger partial charge in [0.25, 0.3) is 0 Å². The summed E-state index contributed by atoms with van der Waals surface area (Å²) in [6.45, 7) is 2.16. The first-order valence-corrected chi connectivity index (χ1v) is 14.7. The summed E-state index contributed by atoms with van der Waals surface area (Å²) < 4.78 is 6.53. The molecule has 0 spiro atoms. The third-order valence-electron chi connectivity index (χ3n) is 8.39. The minimum Gasteiger partial charge on any atom is -0.455 e. The van der Waals surface area contributed by atoms with Crippen LogP contribution >= 0.6 is 0 Å². The molecule has 0 N–H and O–H groups in total. The van der Waals surface area contributed by atoms with Gasteiger partial charge in [-0.05, 0) is 59.5 Å². The molecule has 0 fully saturated rings. The van der Waals surface area contributed by atoms with Crippen LogP contribution in [0.15, 0.2) is 162 Å². The van der Waals surface area contributed by atoms with E-state index >= 15 is 0 Å². The molecule has 1 heterocycles. The molecule has 0 amide bonds. The van der Waals surface area contributed by atoms with Gasteiger partial charge in [0.2, 0.25) is 0 Å². The molecular weight excluding hydrogens is 522 g/mol. The Balaban J connectivity index is 1.44. The molecule has 8 aromatic rings. The Bertz CT molecular complexity index is 2230. The third-order valence-corrected chi connectivity index (χ3v) is 8.39. The Labute approximate surface area is 251 Å². The van der Waals surface area contributed by atoms with Crippen LogP contribution in [0.5, 0.6) is 0 Å². The Morgan fingerprint density at radius 3 is 1.86 bits per heavy atom. The van der Waals surface area contributed by atoms with Crippen LogP contribution in [0.1, 0.15) is 5.56 Å². The van der Waals surface area contributed by atoms with Gasteiger partial charge in [-0.1, -0.05) is 127 Å². The quantitative estimate of drug-likeness (QED) is 0.211. The van der Waals surface area contributed by atoms with Gasteiger partial charge in [0.05, 0.1) is 11.4 Å². The van der Waals surface area contributed by atoms with Crippen molar-refractivity contribution in [2.75, 3.05) is 4.90 Å². The summed E-state index contributed by atoms with van der Waals surface area (Å²) in [7, 11) is 0. The monoisotopic (exact) mass is 551 g/mol. The van der Waals surface area contributed by atoms with Gasteiger partial charge in [-0.3, -0.25) is 0 Å². The predicted octanol–water partition coefficient (Wildman–Crippen LogP) is 11.9. The molecule has 2 heteroatoms. The maximum atomic E-state index is 6.53. The first-order chi connectivity index (χ1) is 21.3. The van der Waals surface area contributed by atoms with E-state index in [2.05, 4.69) is 170 Å². The van der Waals surface area contributed by atoms with Gasteiger partial charge in [-0.25, -0.2) is 0 Å². The number of benzene rings is 7. The van der Waals surface area contributed by atoms with Crippen LogP contribution in [0.4, 0.5) is 17.1 Å². The summed E-state index contributed by atoms with van der Waals surface area (Å²) in [6, 6.07) is 56.0. The Kier molecular flexibility index (Phi) is 6.05. The summed E-state index contributed by atoms with van der Waals surface area (Å²) in [4.78, 5) is 2.41. The van der Waals surface area contributed by atoms with Gasteiger partial charge in [-0.2, -0.15) is 0 Å². The lowest BCUT2D eigenvalue weighted by Crippen LogP contribution is -2.12. The number of anilines is 3. The molecule has 8 rings (SSSR count). The highest BCUT2D eigenvalue weighted by molar-refractivity contribution is 6.20. The molecule has 0 bridgehead atoms. The smallest absolute Gasteiger partial charge is 0.143 e. The second-order valence-corrected chi connectivity index (χ2v) is 11.0. The number of fused-ring (bicyclic) bond motifs is 5. The molecule has 204 valence electrons. The van der Waals surface area contributed by atoms with E-state index < -0.39 is 0 Å². The standard InChI is InChI=1S/C41H29NO/c1-28-13-12-22-39-40(28)36-27-38(34-19-8-9-20-35(34)41(36)43-39)42(32-25-23-30(24-26-32)29-14-4-2-5-15-29)37-21-11-10-18-33(37)31-16-6-3-7-17-31/h2-27H,1H3. The zero-order valence-electron chi connectivity index (χ0n) is 23.9. The van der Waals surface area contributed by atoms with Gasteiger partial charge < -0.3 is 9.32 Å². The lowest BCUT2D eigenvalue weighted by atomic mass is 9.98. The normalized spacial score (nSPS) is 11.4. The average molecular weight is 552 g/mol. The van der Waals surface area contributed by atoms with Crippen LogP contribution in [-0.2, 0) is 0 Å². The SMILES string of the molecule is Cc1cccc2oc3c4ccccc4c(N(c4ccc(-c5ccccc5)cc4)c4ccccc4-c4ccccc4)cc3c12. The van der Waals surface area contributed by atoms with Gasteiger partial charge in [-0.15, -0.1) is 0 Å². The van der Waals surface area contributed by atoms with Crippen LogP contribution in [0, 0.1) is 6.92 Å². The summed E-state index contributed by atoms with van der Waals surface area (Å²) >= 11 is 0. The maximum absolute atomic E-state index is 6.53. The zero-order chi connectivity index (χ0) is 28.8. The molecule has 2 nitrogen and oxygen atoms in total. The van der Waals surface area contributed by atoms with Crippen LogP contribution in [0.3, 0.4) is 0 Å². The predicted molar refractivity (Wildman–Crippen MR) is 182 cm³/mol. The lowest BCUT2D eigenvalue weighted by molar-refractivity contribution is 0.672. The zero-order valence-corrected chi connectivity index (χ0v) is 23.9. The Morgan fingerprint density at radius 1 is 0.465 bits per heavy atom. The summed E-state index contributed by atoms with van der Waals surface area (Å²) in [5.74, 6) is 0. The number of para-hydroxylation sites is 1. The molecule has 1 aromatic heterocycles. The molecule has 0 aliphatic rings. The summed E-state index contributed by atoms with van der Waals surface area (Å²) in [5, 5.41) is 4.54. The van der Waals surface area contributed by atoms with Crippen molar-refractivity contribution in [3.8, 4) is 22.3 Å². The molecule has 7 aromatic carbocycles. The fraction of sp³-hybridized carbons (Fsp3) is 0.0244. The largest absolute Gasteiger partial charge is 0.455 e. The van der Waals surface area contributed by atoms with E-state index in [1.165, 1.54) is 33.2 Å². The van der Waals surface area contributed by atoms with E-state index in [9.17, 15) is 0 Å². The Morgan fingerprint density at radius 2 is 1.09 bits per heavy atom. The molecular formula is C41H29NO. The average Bonchev–Trinajstić information content (AvgIpc) is 3.46. The van der Waals surface area contributed by atoms with Gasteiger partial charge >= 0.3 is 0 Å². The second-order valence-electron chi connectivity index (χ2n) is 11.0. The number of nitrogens with zero attached hydrogens (tertiary/aromatic N) is 1. The van der Waals surface area contributed by atoms with Crippen molar-refractivity contribution in [2.24, 2.45) is 0 Å². The molecule has 0 saturated carbocycles. The molecule has 0 radical (unpaired) electrons. The van der Waals surface area contributed by atoms with Crippen molar-refractivity contribution in [2.45, 2.75) is 6.92 Å². The third kappa shape index (κ3) is 4.27. The van der Waals surface area contributed by atoms with Gasteiger partial charge in [0.1, 0.15) is 11.2 Å². The number of aryl methyl sites for hydroxylation is 1. The van der Waals surface area contributed by atoms with Gasteiger partial charge in [0, 0.05) is 32.8 Å². The minimum atomic E-state index is 0.917. The van der Waals surface area contributed by atoms with Crippen molar-refractivity contribution in [1.29, 1.82) is 0 Å². The first-order valence-electron chi connectivity index (χ1n) is 14.7. The number of rotatable bonds is 5. The molecule has 0 aliphatic heterocycles. The van der Waals surface area contributed by atoms with Crippen LogP contribution in [0.25, 0.3) is 55.0 Å². The highest BCUT2D eigenvalue weighted by atomic mass is 16.3. The topological polar surface area (TPSA) is 16.4 Å². The summed E-state index contributed by atoms with van der Waals surface area (Å²) in [5.41, 5.74) is 11.1. The molecule has 0 saturated heterocycles. The fourth-order valence-electron chi connectivity index (χ4n) is 6.36. The van der Waals surface area contributed by atoms with Crippen molar-refractivity contribution in [1.82, 2.24) is 0 Å². The number of hydrogen-bond acceptors (Lipinski definition) is 2. The number of hydrogen-bond donors (Lipinski definition) is 0. The van der Waals surface area contributed by atoms with E-state index in [4.69, 9.17) is 4.42 Å². The van der Waals surface area contributed by atoms with E-state index in [0.29, 0.717) is 0 Å². The van der Waals surface area contributed by atoms with Crippen molar-refractivity contribution >= 4 is 49.8 Å². The van der Waals surface area contributed by atoms with E-state index in [1.807, 2.05) is 0 Å². The molecule has 0 atom stereocenters. The summed E-state index contributed by atoms with van der Waals surface area (Å²) in [6.07, 6.45) is 0. The van der Waals surface area contributed by atoms with E-state index in [-0.39, 0.29) is 0 Å².